The van der Waals surface area contributed by atoms with E-state index in [9.17, 15) is 0 Å². The summed E-state index contributed by atoms with van der Waals surface area (Å²) in [6.45, 7) is 7.11. The number of fused-ring (bicyclic) bond motifs is 3. The Hall–Kier alpha value is -1.43. The van der Waals surface area contributed by atoms with E-state index in [1.54, 1.807) is 4.40 Å². The molecule has 0 atom stereocenters. The van der Waals surface area contributed by atoms with Gasteiger partial charge in [-0.15, -0.1) is 0 Å². The van der Waals surface area contributed by atoms with Crippen molar-refractivity contribution < 1.29 is 0 Å². The van der Waals surface area contributed by atoms with Gasteiger partial charge in [0.15, 0.2) is 0 Å². The van der Waals surface area contributed by atoms with E-state index in [0.29, 0.717) is 0 Å². The molecule has 4 rings (SSSR count). The van der Waals surface area contributed by atoms with Crippen LogP contribution < -0.4 is 9.58 Å². The molecule has 0 N–H and O–H groups in total. The molecule has 2 heterocycles. The van der Waals surface area contributed by atoms with Crippen molar-refractivity contribution in [2.24, 2.45) is 0 Å². The van der Waals surface area contributed by atoms with E-state index >= 15 is 0 Å². The molecule has 0 aliphatic rings. The fraction of sp³-hybridized carbons (Fsp3) is 0.261. The van der Waals surface area contributed by atoms with Gasteiger partial charge in [-0.1, -0.05) is 0 Å². The summed E-state index contributed by atoms with van der Waals surface area (Å²) >= 11 is 0.104. The van der Waals surface area contributed by atoms with Crippen molar-refractivity contribution >= 4 is 62.4 Å². The van der Waals surface area contributed by atoms with E-state index in [-0.39, 0.29) is 0 Å². The van der Waals surface area contributed by atoms with Crippen LogP contribution in [0.1, 0.15) is 0 Å². The minimum absolute atomic E-state index is 1.09. The number of benzene rings is 2. The number of thiophene rings is 1. The second-order valence-corrected chi connectivity index (χ2v) is 26.2. The number of rotatable bonds is 3. The third kappa shape index (κ3) is 3.53. The third-order valence-electron chi connectivity index (χ3n) is 5.27. The molecule has 0 fully saturated rings. The molecule has 0 radical (unpaired) electrons. The predicted molar refractivity (Wildman–Crippen MR) is 129 cm³/mol. The summed E-state index contributed by atoms with van der Waals surface area (Å²) in [7, 11) is -1.32. The molecule has 0 unspecified atom stereocenters. The van der Waals surface area contributed by atoms with Crippen LogP contribution in [0.2, 0.25) is 36.9 Å². The number of pyridine rings is 1. The van der Waals surface area contributed by atoms with Crippen LogP contribution in [0, 0.1) is 0 Å². The molecule has 4 aromatic rings. The van der Waals surface area contributed by atoms with Crippen LogP contribution in [0.25, 0.3) is 31.4 Å². The Balaban J connectivity index is 1.89. The quantitative estimate of drug-likeness (QED) is 0.339. The van der Waals surface area contributed by atoms with E-state index in [1.807, 2.05) is 11.3 Å². The first kappa shape index (κ1) is 18.9. The van der Waals surface area contributed by atoms with Gasteiger partial charge in [-0.05, 0) is 0 Å². The Morgan fingerprint density at radius 3 is 2.30 bits per heavy atom. The van der Waals surface area contributed by atoms with Gasteiger partial charge in [0.2, 0.25) is 0 Å². The van der Waals surface area contributed by atoms with E-state index in [1.165, 1.54) is 30.9 Å². The van der Waals surface area contributed by atoms with Crippen molar-refractivity contribution in [3.05, 3.63) is 54.7 Å². The van der Waals surface area contributed by atoms with Gasteiger partial charge in [0.25, 0.3) is 0 Å². The Bertz CT molecular complexity index is 1130. The molecule has 2 aromatic heterocycles. The maximum absolute atomic E-state index is 4.84. The van der Waals surface area contributed by atoms with Crippen molar-refractivity contribution in [2.75, 3.05) is 0 Å². The van der Waals surface area contributed by atoms with Gasteiger partial charge in [-0.2, -0.15) is 0 Å². The molecule has 0 amide bonds. The summed E-state index contributed by atoms with van der Waals surface area (Å²) in [6, 6.07) is 18.3. The van der Waals surface area contributed by atoms with Gasteiger partial charge in [0, 0.05) is 0 Å². The van der Waals surface area contributed by atoms with Crippen molar-refractivity contribution in [3.8, 4) is 11.3 Å². The van der Waals surface area contributed by atoms with Crippen LogP contribution in [-0.2, 0) is 0 Å². The SMILES string of the molecule is C[Si](C)(C)c1ccc(-c2cccc3c2sc2c[c]([Ge]([CH3])([CH3])[CH3])ccc23)nc1. The number of nitrogens with zero attached hydrogens (tertiary/aromatic N) is 1. The molecule has 0 saturated heterocycles. The molecule has 0 aliphatic carbocycles. The summed E-state index contributed by atoms with van der Waals surface area (Å²) in [5, 5.41) is 4.15. The average molecular weight is 450 g/mol. The zero-order valence-corrected chi connectivity index (χ0v) is 21.0. The van der Waals surface area contributed by atoms with Gasteiger partial charge in [-0.25, -0.2) is 0 Å². The molecular weight excluding hydrogens is 423 g/mol. The number of hydrogen-bond acceptors (Lipinski definition) is 2. The van der Waals surface area contributed by atoms with Gasteiger partial charge in [-0.3, -0.25) is 0 Å². The van der Waals surface area contributed by atoms with Crippen LogP contribution in [0.4, 0.5) is 0 Å². The second-order valence-electron chi connectivity index (χ2n) is 9.43. The fourth-order valence-electron chi connectivity index (χ4n) is 3.46. The van der Waals surface area contributed by atoms with Crippen LogP contribution in [0.15, 0.2) is 54.7 Å². The van der Waals surface area contributed by atoms with Gasteiger partial charge >= 0.3 is 170 Å². The minimum atomic E-state index is -1.82. The zero-order valence-electron chi connectivity index (χ0n) is 17.1. The summed E-state index contributed by atoms with van der Waals surface area (Å²) in [6.07, 6.45) is 2.10. The summed E-state index contributed by atoms with van der Waals surface area (Å²) < 4.78 is 4.35. The monoisotopic (exact) mass is 451 g/mol. The van der Waals surface area contributed by atoms with E-state index in [2.05, 4.69) is 91.6 Å². The van der Waals surface area contributed by atoms with Crippen LogP contribution >= 0.6 is 11.3 Å². The molecular formula is C23H27GeNSSi. The van der Waals surface area contributed by atoms with Gasteiger partial charge in [0.1, 0.15) is 0 Å². The normalized spacial score (nSPS) is 12.8. The van der Waals surface area contributed by atoms with Gasteiger partial charge < -0.3 is 0 Å². The fourth-order valence-corrected chi connectivity index (χ4v) is 8.42. The van der Waals surface area contributed by atoms with Crippen molar-refractivity contribution in [3.63, 3.8) is 0 Å². The van der Waals surface area contributed by atoms with E-state index in [4.69, 9.17) is 4.98 Å². The van der Waals surface area contributed by atoms with Crippen molar-refractivity contribution in [1.82, 2.24) is 4.98 Å². The zero-order chi connectivity index (χ0) is 19.4. The molecule has 0 bridgehead atoms. The Morgan fingerprint density at radius 1 is 0.889 bits per heavy atom. The topological polar surface area (TPSA) is 12.9 Å². The molecule has 4 heteroatoms. The first-order valence-corrected chi connectivity index (χ1v) is 21.2. The van der Waals surface area contributed by atoms with Crippen molar-refractivity contribution in [2.45, 2.75) is 36.9 Å². The Kier molecular flexibility index (Phi) is 4.60. The van der Waals surface area contributed by atoms with Crippen LogP contribution in [0.3, 0.4) is 0 Å². The Labute approximate surface area is 169 Å². The third-order valence-corrected chi connectivity index (χ3v) is 12.8. The number of aromatic nitrogens is 1. The first-order chi connectivity index (χ1) is 12.6. The average Bonchev–Trinajstić information content (AvgIpc) is 2.98. The molecule has 2 aromatic carbocycles. The molecule has 0 saturated carbocycles. The summed E-state index contributed by atoms with van der Waals surface area (Å²) in [5.74, 6) is 7.39. The van der Waals surface area contributed by atoms with Crippen LogP contribution in [0.5, 0.6) is 0 Å². The number of hydrogen-bond donors (Lipinski definition) is 0. The summed E-state index contributed by atoms with van der Waals surface area (Å²) in [4.78, 5) is 4.84. The van der Waals surface area contributed by atoms with E-state index in [0.717, 1.165) is 5.69 Å². The molecule has 27 heavy (non-hydrogen) atoms. The van der Waals surface area contributed by atoms with Crippen molar-refractivity contribution in [1.29, 1.82) is 0 Å². The van der Waals surface area contributed by atoms with Gasteiger partial charge in [0.05, 0.1) is 0 Å². The molecule has 138 valence electrons. The van der Waals surface area contributed by atoms with E-state index < -0.39 is 21.3 Å². The summed E-state index contributed by atoms with van der Waals surface area (Å²) in [5.41, 5.74) is 2.34. The molecule has 0 spiro atoms. The predicted octanol–water partition coefficient (Wildman–Crippen LogP) is 6.21. The Morgan fingerprint density at radius 2 is 1.67 bits per heavy atom. The second kappa shape index (κ2) is 6.57. The standard InChI is InChI=1S/C23H27GeNSSi/c1-24(2,3)16-10-12-18-19-8-7-9-20(23(19)26-22(18)14-16)21-13-11-17(15-25-21)27(4,5)6/h7-15H,1-6H3. The first-order valence-electron chi connectivity index (χ1n) is 9.57. The maximum atomic E-state index is 4.84. The molecule has 0 aliphatic heterocycles. The molecule has 1 nitrogen and oxygen atoms in total. The van der Waals surface area contributed by atoms with Crippen LogP contribution in [-0.4, -0.2) is 26.3 Å².